The van der Waals surface area contributed by atoms with Crippen LogP contribution in [0.5, 0.6) is 5.75 Å². The maximum absolute atomic E-state index is 12.6. The van der Waals surface area contributed by atoms with E-state index in [4.69, 9.17) is 16.3 Å². The lowest BCUT2D eigenvalue weighted by Crippen LogP contribution is -2.22. The molecule has 9 heteroatoms. The zero-order chi connectivity index (χ0) is 24.0. The second-order valence-electron chi connectivity index (χ2n) is 6.96. The van der Waals surface area contributed by atoms with Crippen molar-refractivity contribution in [1.29, 1.82) is 0 Å². The van der Waals surface area contributed by atoms with Crippen molar-refractivity contribution in [2.45, 2.75) is 17.1 Å². The molecule has 7 nitrogen and oxygen atoms in total. The highest BCUT2D eigenvalue weighted by molar-refractivity contribution is 8.00. The number of thioether (sulfide) groups is 1. The molecule has 3 rings (SSSR count). The molecular formula is C24H21ClN2O5S. The normalized spacial score (nSPS) is 11.4. The number of anilines is 2. The standard InChI is InChI=1S/C24H21ClN2O5S/c1-14(22(28)26-17-9-10-21(25)20(13-17)24(30)31)33-19-8-4-6-16(12-19)27-23(29)15-5-3-7-18(11-15)32-2/h3-14H,1-2H3,(H,26,28)(H,27,29)(H,30,31). The zero-order valence-corrected chi connectivity index (χ0v) is 19.4. The summed E-state index contributed by atoms with van der Waals surface area (Å²) in [6, 6.07) is 18.3. The van der Waals surface area contributed by atoms with Gasteiger partial charge in [0.25, 0.3) is 5.91 Å². The van der Waals surface area contributed by atoms with Crippen molar-refractivity contribution in [1.82, 2.24) is 0 Å². The molecule has 3 N–H and O–H groups in total. The number of hydrogen-bond acceptors (Lipinski definition) is 5. The van der Waals surface area contributed by atoms with E-state index in [0.29, 0.717) is 22.7 Å². The van der Waals surface area contributed by atoms with Crippen molar-refractivity contribution in [2.75, 3.05) is 17.7 Å². The molecule has 2 amide bonds. The Morgan fingerprint density at radius 1 is 0.970 bits per heavy atom. The molecule has 0 fully saturated rings. The van der Waals surface area contributed by atoms with Gasteiger partial charge in [-0.25, -0.2) is 4.79 Å². The fourth-order valence-corrected chi connectivity index (χ4v) is 4.01. The summed E-state index contributed by atoms with van der Waals surface area (Å²) in [7, 11) is 1.53. The van der Waals surface area contributed by atoms with Crippen molar-refractivity contribution >= 4 is 52.5 Å². The second-order valence-corrected chi connectivity index (χ2v) is 8.78. The van der Waals surface area contributed by atoms with E-state index in [0.717, 1.165) is 4.90 Å². The van der Waals surface area contributed by atoms with Crippen LogP contribution in [0.4, 0.5) is 11.4 Å². The number of hydrogen-bond donors (Lipinski definition) is 3. The van der Waals surface area contributed by atoms with Crippen LogP contribution in [0.3, 0.4) is 0 Å². The first kappa shape index (κ1) is 24.2. The minimum absolute atomic E-state index is 0.0887. The molecule has 0 saturated heterocycles. The molecule has 0 heterocycles. The summed E-state index contributed by atoms with van der Waals surface area (Å²) in [5.74, 6) is -1.17. The van der Waals surface area contributed by atoms with Gasteiger partial charge in [0.05, 0.1) is 22.9 Å². The average molecular weight is 485 g/mol. The van der Waals surface area contributed by atoms with E-state index in [1.54, 1.807) is 55.5 Å². The topological polar surface area (TPSA) is 105 Å². The molecule has 0 saturated carbocycles. The first-order chi connectivity index (χ1) is 15.8. The van der Waals surface area contributed by atoms with Crippen LogP contribution in [0.15, 0.2) is 71.6 Å². The number of carboxylic acids is 1. The Labute approximate surface area is 200 Å². The summed E-state index contributed by atoms with van der Waals surface area (Å²) in [6.07, 6.45) is 0. The quantitative estimate of drug-likeness (QED) is 0.369. The van der Waals surface area contributed by atoms with Crippen LogP contribution in [0.1, 0.15) is 27.6 Å². The SMILES string of the molecule is COc1cccc(C(=O)Nc2cccc(SC(C)C(=O)Nc3ccc(Cl)c(C(=O)O)c3)c2)c1. The number of carboxylic acid groups (broad SMARTS) is 1. The first-order valence-electron chi connectivity index (χ1n) is 9.82. The number of rotatable bonds is 8. The molecule has 0 bridgehead atoms. The molecule has 3 aromatic carbocycles. The molecule has 0 aromatic heterocycles. The summed E-state index contributed by atoms with van der Waals surface area (Å²) in [5.41, 5.74) is 1.30. The van der Waals surface area contributed by atoms with E-state index in [2.05, 4.69) is 10.6 Å². The number of carbonyl (C=O) groups is 3. The minimum atomic E-state index is -1.17. The predicted octanol–water partition coefficient (Wildman–Crippen LogP) is 5.42. The fraction of sp³-hybridized carbons (Fsp3) is 0.125. The molecular weight excluding hydrogens is 464 g/mol. The molecule has 0 aliphatic carbocycles. The molecule has 170 valence electrons. The summed E-state index contributed by atoms with van der Waals surface area (Å²) in [5, 5.41) is 14.3. The number of aromatic carboxylic acids is 1. The molecule has 0 aliphatic heterocycles. The lowest BCUT2D eigenvalue weighted by molar-refractivity contribution is -0.115. The lowest BCUT2D eigenvalue weighted by atomic mass is 10.2. The van der Waals surface area contributed by atoms with Crippen LogP contribution in [-0.4, -0.2) is 35.2 Å². The van der Waals surface area contributed by atoms with Gasteiger partial charge in [-0.05, 0) is 61.5 Å². The third kappa shape index (κ3) is 6.50. The largest absolute Gasteiger partial charge is 0.497 e. The van der Waals surface area contributed by atoms with Crippen LogP contribution in [0.2, 0.25) is 5.02 Å². The molecule has 0 spiro atoms. The average Bonchev–Trinajstić information content (AvgIpc) is 2.80. The second kappa shape index (κ2) is 10.9. The Morgan fingerprint density at radius 3 is 2.42 bits per heavy atom. The van der Waals surface area contributed by atoms with E-state index in [-0.39, 0.29) is 22.4 Å². The van der Waals surface area contributed by atoms with Crippen molar-refractivity contribution < 1.29 is 24.2 Å². The van der Waals surface area contributed by atoms with Crippen molar-refractivity contribution in [3.05, 3.63) is 82.9 Å². The van der Waals surface area contributed by atoms with Crippen molar-refractivity contribution in [3.63, 3.8) is 0 Å². The summed E-state index contributed by atoms with van der Waals surface area (Å²) in [4.78, 5) is 37.1. The van der Waals surface area contributed by atoms with Gasteiger partial charge < -0.3 is 20.5 Å². The van der Waals surface area contributed by atoms with E-state index < -0.39 is 11.2 Å². The van der Waals surface area contributed by atoms with Crippen molar-refractivity contribution in [3.8, 4) is 5.75 Å². The molecule has 0 radical (unpaired) electrons. The summed E-state index contributed by atoms with van der Waals surface area (Å²) in [6.45, 7) is 1.73. The van der Waals surface area contributed by atoms with Gasteiger partial charge in [0, 0.05) is 21.8 Å². The highest BCUT2D eigenvalue weighted by atomic mass is 35.5. The molecule has 1 unspecified atom stereocenters. The Morgan fingerprint density at radius 2 is 1.70 bits per heavy atom. The Balaban J connectivity index is 1.64. The lowest BCUT2D eigenvalue weighted by Gasteiger charge is -2.14. The van der Waals surface area contributed by atoms with Gasteiger partial charge in [-0.3, -0.25) is 9.59 Å². The number of amides is 2. The predicted molar refractivity (Wildman–Crippen MR) is 130 cm³/mol. The number of carbonyl (C=O) groups excluding carboxylic acids is 2. The zero-order valence-electron chi connectivity index (χ0n) is 17.8. The molecule has 33 heavy (non-hydrogen) atoms. The molecule has 1 atom stereocenters. The number of benzene rings is 3. The van der Waals surface area contributed by atoms with Gasteiger partial charge in [-0.1, -0.05) is 23.7 Å². The number of halogens is 1. The van der Waals surface area contributed by atoms with Gasteiger partial charge in [-0.2, -0.15) is 0 Å². The van der Waals surface area contributed by atoms with E-state index in [1.165, 1.54) is 31.0 Å². The van der Waals surface area contributed by atoms with Crippen LogP contribution >= 0.6 is 23.4 Å². The van der Waals surface area contributed by atoms with E-state index in [1.807, 2.05) is 6.07 Å². The minimum Gasteiger partial charge on any atom is -0.497 e. The Kier molecular flexibility index (Phi) is 7.97. The highest BCUT2D eigenvalue weighted by Crippen LogP contribution is 2.28. The maximum atomic E-state index is 12.6. The fourth-order valence-electron chi connectivity index (χ4n) is 2.88. The number of ether oxygens (including phenoxy) is 1. The van der Waals surface area contributed by atoms with Gasteiger partial charge in [-0.15, -0.1) is 11.8 Å². The van der Waals surface area contributed by atoms with Crippen LogP contribution < -0.4 is 15.4 Å². The Hall–Kier alpha value is -3.49. The summed E-state index contributed by atoms with van der Waals surface area (Å²) >= 11 is 7.17. The molecule has 0 aliphatic rings. The molecule has 3 aromatic rings. The van der Waals surface area contributed by atoms with E-state index >= 15 is 0 Å². The van der Waals surface area contributed by atoms with Gasteiger partial charge in [0.2, 0.25) is 5.91 Å². The highest BCUT2D eigenvalue weighted by Gasteiger charge is 2.17. The Bertz CT molecular complexity index is 1200. The smallest absolute Gasteiger partial charge is 0.337 e. The third-order valence-corrected chi connectivity index (χ3v) is 5.99. The van der Waals surface area contributed by atoms with Gasteiger partial charge in [0.1, 0.15) is 5.75 Å². The van der Waals surface area contributed by atoms with Crippen LogP contribution in [-0.2, 0) is 4.79 Å². The number of nitrogens with one attached hydrogen (secondary N) is 2. The monoisotopic (exact) mass is 484 g/mol. The van der Waals surface area contributed by atoms with Gasteiger partial charge in [0.15, 0.2) is 0 Å². The summed E-state index contributed by atoms with van der Waals surface area (Å²) < 4.78 is 5.15. The van der Waals surface area contributed by atoms with Gasteiger partial charge >= 0.3 is 5.97 Å². The third-order valence-electron chi connectivity index (χ3n) is 4.57. The first-order valence-corrected chi connectivity index (χ1v) is 11.1. The van der Waals surface area contributed by atoms with Crippen LogP contribution in [0, 0.1) is 0 Å². The van der Waals surface area contributed by atoms with Crippen molar-refractivity contribution in [2.24, 2.45) is 0 Å². The van der Waals surface area contributed by atoms with E-state index in [9.17, 15) is 19.5 Å². The number of methoxy groups -OCH3 is 1. The van der Waals surface area contributed by atoms with Crippen LogP contribution in [0.25, 0.3) is 0 Å². The maximum Gasteiger partial charge on any atom is 0.337 e.